The van der Waals surface area contributed by atoms with Crippen LogP contribution >= 0.6 is 0 Å². The molecule has 0 unspecified atom stereocenters. The standard InChI is InChI=1S/C20H38O2/c1-3-4-5-6-7-8-9-10-11-12-13-14-15-16-17-18-19-20(21)22-2/h10-11H,3-9,12-19H2,1-2H3. The first-order valence-corrected chi connectivity index (χ1v) is 9.53. The number of carbonyl (C=O) groups is 1. The molecule has 0 radical (unpaired) electrons. The molecule has 0 atom stereocenters. The van der Waals surface area contributed by atoms with E-state index in [9.17, 15) is 4.79 Å². The molecule has 0 aromatic rings. The summed E-state index contributed by atoms with van der Waals surface area (Å²) in [6.07, 6.45) is 23.5. The third kappa shape index (κ3) is 17.3. The molecule has 0 spiro atoms. The third-order valence-electron chi connectivity index (χ3n) is 4.12. The summed E-state index contributed by atoms with van der Waals surface area (Å²) in [4.78, 5) is 10.9. The molecule has 2 heteroatoms. The molecule has 0 aliphatic rings. The number of methoxy groups -OCH3 is 1. The molecule has 0 aliphatic heterocycles. The molecule has 0 amide bonds. The van der Waals surface area contributed by atoms with Gasteiger partial charge in [-0.25, -0.2) is 0 Å². The fourth-order valence-corrected chi connectivity index (χ4v) is 2.62. The van der Waals surface area contributed by atoms with Crippen LogP contribution in [0.25, 0.3) is 0 Å². The number of allylic oxidation sites excluding steroid dienone is 2. The Balaban J connectivity index is 3.09. The molecule has 0 saturated carbocycles. The van der Waals surface area contributed by atoms with E-state index >= 15 is 0 Å². The molecule has 0 saturated heterocycles. The number of hydrogen-bond acceptors (Lipinski definition) is 2. The highest BCUT2D eigenvalue weighted by Gasteiger charge is 1.98. The number of unbranched alkanes of at least 4 members (excludes halogenated alkanes) is 12. The Kier molecular flexibility index (Phi) is 17.6. The van der Waals surface area contributed by atoms with Crippen molar-refractivity contribution in [2.24, 2.45) is 0 Å². The summed E-state index contributed by atoms with van der Waals surface area (Å²) in [5.74, 6) is -0.0736. The topological polar surface area (TPSA) is 26.3 Å². The Hall–Kier alpha value is -0.790. The van der Waals surface area contributed by atoms with Crippen molar-refractivity contribution in [3.8, 4) is 0 Å². The maximum atomic E-state index is 10.9. The highest BCUT2D eigenvalue weighted by Crippen LogP contribution is 2.10. The van der Waals surface area contributed by atoms with Crippen LogP contribution in [0.5, 0.6) is 0 Å². The van der Waals surface area contributed by atoms with Crippen LogP contribution < -0.4 is 0 Å². The zero-order chi connectivity index (χ0) is 16.3. The van der Waals surface area contributed by atoms with Crippen LogP contribution in [0, 0.1) is 0 Å². The van der Waals surface area contributed by atoms with E-state index in [1.165, 1.54) is 84.2 Å². The van der Waals surface area contributed by atoms with Gasteiger partial charge in [0.15, 0.2) is 0 Å². The van der Waals surface area contributed by atoms with Crippen molar-refractivity contribution in [3.05, 3.63) is 12.2 Å². The van der Waals surface area contributed by atoms with Crippen LogP contribution in [0.4, 0.5) is 0 Å². The van der Waals surface area contributed by atoms with Gasteiger partial charge < -0.3 is 4.74 Å². The van der Waals surface area contributed by atoms with E-state index in [-0.39, 0.29) is 5.97 Å². The van der Waals surface area contributed by atoms with Crippen molar-refractivity contribution < 1.29 is 9.53 Å². The Morgan fingerprint density at radius 3 is 1.68 bits per heavy atom. The minimum absolute atomic E-state index is 0.0736. The molecule has 2 nitrogen and oxygen atoms in total. The van der Waals surface area contributed by atoms with Gasteiger partial charge in [0.1, 0.15) is 0 Å². The second-order valence-electron chi connectivity index (χ2n) is 6.26. The average molecular weight is 311 g/mol. The second kappa shape index (κ2) is 18.3. The van der Waals surface area contributed by atoms with E-state index in [0.29, 0.717) is 6.42 Å². The van der Waals surface area contributed by atoms with Crippen LogP contribution in [0.2, 0.25) is 0 Å². The normalized spacial score (nSPS) is 11.2. The van der Waals surface area contributed by atoms with E-state index in [1.807, 2.05) is 0 Å². The van der Waals surface area contributed by atoms with Crippen molar-refractivity contribution in [2.45, 2.75) is 103 Å². The number of carbonyl (C=O) groups excluding carboxylic acids is 1. The van der Waals surface area contributed by atoms with Gasteiger partial charge in [-0.2, -0.15) is 0 Å². The van der Waals surface area contributed by atoms with Gasteiger partial charge in [-0.3, -0.25) is 4.79 Å². The maximum Gasteiger partial charge on any atom is 0.305 e. The first-order valence-electron chi connectivity index (χ1n) is 9.53. The van der Waals surface area contributed by atoms with E-state index in [1.54, 1.807) is 0 Å². The van der Waals surface area contributed by atoms with Crippen molar-refractivity contribution in [1.82, 2.24) is 0 Å². The van der Waals surface area contributed by atoms with Gasteiger partial charge in [0.05, 0.1) is 7.11 Å². The number of rotatable bonds is 16. The number of hydrogen-bond donors (Lipinski definition) is 0. The van der Waals surface area contributed by atoms with Gasteiger partial charge in [-0.05, 0) is 32.1 Å². The first-order chi connectivity index (χ1) is 10.8. The summed E-state index contributed by atoms with van der Waals surface area (Å²) >= 11 is 0. The van der Waals surface area contributed by atoms with Crippen LogP contribution in [0.1, 0.15) is 103 Å². The predicted octanol–water partition coefficient (Wildman–Crippen LogP) is 6.59. The zero-order valence-electron chi connectivity index (χ0n) is 15.1. The summed E-state index contributed by atoms with van der Waals surface area (Å²) in [6.45, 7) is 2.27. The molecule has 0 heterocycles. The van der Waals surface area contributed by atoms with Gasteiger partial charge in [0.25, 0.3) is 0 Å². The lowest BCUT2D eigenvalue weighted by molar-refractivity contribution is -0.140. The van der Waals surface area contributed by atoms with Gasteiger partial charge >= 0.3 is 5.97 Å². The van der Waals surface area contributed by atoms with Crippen LogP contribution in [-0.2, 0) is 9.53 Å². The maximum absolute atomic E-state index is 10.9. The van der Waals surface area contributed by atoms with Crippen molar-refractivity contribution >= 4 is 5.97 Å². The molecule has 130 valence electrons. The fourth-order valence-electron chi connectivity index (χ4n) is 2.62. The molecule has 0 fully saturated rings. The van der Waals surface area contributed by atoms with E-state index in [0.717, 1.165) is 12.8 Å². The first kappa shape index (κ1) is 21.2. The summed E-state index contributed by atoms with van der Waals surface area (Å²) < 4.78 is 4.63. The fraction of sp³-hybridized carbons (Fsp3) is 0.850. The molecular formula is C20H38O2. The zero-order valence-corrected chi connectivity index (χ0v) is 15.1. The van der Waals surface area contributed by atoms with Crippen LogP contribution in [0.15, 0.2) is 12.2 Å². The van der Waals surface area contributed by atoms with Gasteiger partial charge in [-0.15, -0.1) is 0 Å². The lowest BCUT2D eigenvalue weighted by atomic mass is 10.1. The molecule has 22 heavy (non-hydrogen) atoms. The van der Waals surface area contributed by atoms with Crippen molar-refractivity contribution in [3.63, 3.8) is 0 Å². The summed E-state index contributed by atoms with van der Waals surface area (Å²) in [6, 6.07) is 0. The molecule has 0 rings (SSSR count). The molecule has 0 aliphatic carbocycles. The van der Waals surface area contributed by atoms with Crippen molar-refractivity contribution in [1.29, 1.82) is 0 Å². The van der Waals surface area contributed by atoms with Crippen LogP contribution in [0.3, 0.4) is 0 Å². The molecular weight excluding hydrogens is 272 g/mol. The number of ether oxygens (including phenoxy) is 1. The minimum Gasteiger partial charge on any atom is -0.469 e. The van der Waals surface area contributed by atoms with Crippen LogP contribution in [-0.4, -0.2) is 13.1 Å². The molecule has 0 bridgehead atoms. The smallest absolute Gasteiger partial charge is 0.305 e. The summed E-state index contributed by atoms with van der Waals surface area (Å²) in [5.41, 5.74) is 0. The number of esters is 1. The van der Waals surface area contributed by atoms with E-state index in [2.05, 4.69) is 23.8 Å². The average Bonchev–Trinajstić information content (AvgIpc) is 2.54. The molecule has 0 aromatic carbocycles. The SMILES string of the molecule is CCCCCCCCC=CCCCCCCCCC(=O)OC. The summed E-state index contributed by atoms with van der Waals surface area (Å²) in [5, 5.41) is 0. The highest BCUT2D eigenvalue weighted by molar-refractivity contribution is 5.68. The molecule has 0 aromatic heterocycles. The Labute approximate surface area is 138 Å². The molecule has 0 N–H and O–H groups in total. The Bertz CT molecular complexity index is 258. The van der Waals surface area contributed by atoms with E-state index < -0.39 is 0 Å². The Morgan fingerprint density at radius 1 is 0.727 bits per heavy atom. The Morgan fingerprint density at radius 2 is 1.18 bits per heavy atom. The van der Waals surface area contributed by atoms with Crippen molar-refractivity contribution in [2.75, 3.05) is 7.11 Å². The largest absolute Gasteiger partial charge is 0.469 e. The van der Waals surface area contributed by atoms with E-state index in [4.69, 9.17) is 0 Å². The van der Waals surface area contributed by atoms with Gasteiger partial charge in [0, 0.05) is 6.42 Å². The third-order valence-corrected chi connectivity index (χ3v) is 4.12. The lowest BCUT2D eigenvalue weighted by Crippen LogP contribution is -1.99. The highest BCUT2D eigenvalue weighted by atomic mass is 16.5. The minimum atomic E-state index is -0.0736. The quantitative estimate of drug-likeness (QED) is 0.183. The van der Waals surface area contributed by atoms with Gasteiger partial charge in [-0.1, -0.05) is 76.9 Å². The van der Waals surface area contributed by atoms with Gasteiger partial charge in [0.2, 0.25) is 0 Å². The predicted molar refractivity (Wildman–Crippen MR) is 96.1 cm³/mol. The second-order valence-corrected chi connectivity index (χ2v) is 6.26. The summed E-state index contributed by atoms with van der Waals surface area (Å²) in [7, 11) is 1.46. The lowest BCUT2D eigenvalue weighted by Gasteiger charge is -2.01. The monoisotopic (exact) mass is 310 g/mol.